The number of pyridine rings is 1. The van der Waals surface area contributed by atoms with Gasteiger partial charge in [0.1, 0.15) is 5.69 Å². The molecule has 1 heterocycles. The molecular formula is C15H23N3O. The number of nitrogens with one attached hydrogen (secondary N) is 2. The third-order valence-corrected chi connectivity index (χ3v) is 3.85. The first-order chi connectivity index (χ1) is 9.19. The molecule has 19 heavy (non-hydrogen) atoms. The maximum atomic E-state index is 11.6. The van der Waals surface area contributed by atoms with E-state index in [1.54, 1.807) is 13.2 Å². The average Bonchev–Trinajstić information content (AvgIpc) is 2.63. The van der Waals surface area contributed by atoms with E-state index in [1.807, 2.05) is 12.1 Å². The summed E-state index contributed by atoms with van der Waals surface area (Å²) in [4.78, 5) is 15.6. The van der Waals surface area contributed by atoms with Gasteiger partial charge < -0.3 is 10.6 Å². The Labute approximate surface area is 115 Å². The summed E-state index contributed by atoms with van der Waals surface area (Å²) in [5.74, 6) is 0.698. The fraction of sp³-hybridized carbons (Fsp3) is 0.600. The molecule has 4 heteroatoms. The van der Waals surface area contributed by atoms with Crippen LogP contribution in [0.1, 0.15) is 49.5 Å². The molecule has 104 valence electrons. The summed E-state index contributed by atoms with van der Waals surface area (Å²) in [6.45, 7) is 2.33. The molecule has 0 aromatic carbocycles. The predicted molar refractivity (Wildman–Crippen MR) is 77.3 cm³/mol. The van der Waals surface area contributed by atoms with E-state index in [9.17, 15) is 4.79 Å². The predicted octanol–water partition coefficient (Wildman–Crippen LogP) is 2.82. The topological polar surface area (TPSA) is 54.0 Å². The summed E-state index contributed by atoms with van der Waals surface area (Å²) in [5.41, 5.74) is 1.46. The zero-order chi connectivity index (χ0) is 13.7. The van der Waals surface area contributed by atoms with Gasteiger partial charge >= 0.3 is 0 Å². The van der Waals surface area contributed by atoms with E-state index in [-0.39, 0.29) is 5.91 Å². The minimum absolute atomic E-state index is 0.141. The first kappa shape index (κ1) is 13.8. The van der Waals surface area contributed by atoms with Crippen LogP contribution < -0.4 is 10.6 Å². The van der Waals surface area contributed by atoms with Gasteiger partial charge in [0.2, 0.25) is 0 Å². The lowest BCUT2D eigenvalue weighted by molar-refractivity contribution is 0.0958. The Bertz CT molecular complexity index is 433. The minimum Gasteiger partial charge on any atom is -0.382 e. The van der Waals surface area contributed by atoms with Crippen molar-refractivity contribution in [1.29, 1.82) is 0 Å². The average molecular weight is 261 g/mol. The van der Waals surface area contributed by atoms with E-state index in [0.29, 0.717) is 11.7 Å². The van der Waals surface area contributed by atoms with Crippen LogP contribution in [0.25, 0.3) is 0 Å². The maximum Gasteiger partial charge on any atom is 0.269 e. The summed E-state index contributed by atoms with van der Waals surface area (Å²) < 4.78 is 0. The molecule has 2 unspecified atom stereocenters. The van der Waals surface area contributed by atoms with Crippen LogP contribution in [0.3, 0.4) is 0 Å². The fourth-order valence-corrected chi connectivity index (χ4v) is 2.64. The van der Waals surface area contributed by atoms with Crippen LogP contribution in [0.2, 0.25) is 0 Å². The van der Waals surface area contributed by atoms with Crippen LogP contribution in [0.4, 0.5) is 5.69 Å². The zero-order valence-electron chi connectivity index (χ0n) is 11.8. The van der Waals surface area contributed by atoms with Crippen molar-refractivity contribution in [3.05, 3.63) is 24.0 Å². The number of carbonyl (C=O) groups is 1. The first-order valence-corrected chi connectivity index (χ1v) is 7.13. The second kappa shape index (κ2) is 6.55. The van der Waals surface area contributed by atoms with Gasteiger partial charge in [0.25, 0.3) is 5.91 Å². The highest BCUT2D eigenvalue weighted by molar-refractivity contribution is 5.92. The van der Waals surface area contributed by atoms with Crippen molar-refractivity contribution in [2.75, 3.05) is 12.4 Å². The molecule has 4 nitrogen and oxygen atoms in total. The first-order valence-electron chi connectivity index (χ1n) is 7.13. The number of amides is 1. The minimum atomic E-state index is -0.141. The van der Waals surface area contributed by atoms with Crippen molar-refractivity contribution in [1.82, 2.24) is 10.3 Å². The molecule has 1 aliphatic rings. The highest BCUT2D eigenvalue weighted by atomic mass is 16.1. The summed E-state index contributed by atoms with van der Waals surface area (Å²) in [7, 11) is 1.62. The van der Waals surface area contributed by atoms with Crippen LogP contribution in [0.5, 0.6) is 0 Å². The molecule has 0 spiro atoms. The highest BCUT2D eigenvalue weighted by Crippen LogP contribution is 2.25. The van der Waals surface area contributed by atoms with E-state index < -0.39 is 0 Å². The third-order valence-electron chi connectivity index (χ3n) is 3.85. The Hall–Kier alpha value is -1.58. The molecule has 0 radical (unpaired) electrons. The van der Waals surface area contributed by atoms with Gasteiger partial charge in [0, 0.05) is 25.0 Å². The summed E-state index contributed by atoms with van der Waals surface area (Å²) in [6.07, 6.45) is 8.00. The number of carbonyl (C=O) groups excluding carboxylic acids is 1. The number of anilines is 1. The number of aromatic nitrogens is 1. The Morgan fingerprint density at radius 3 is 2.95 bits per heavy atom. The van der Waals surface area contributed by atoms with Gasteiger partial charge in [-0.15, -0.1) is 0 Å². The normalized spacial score (nSPS) is 23.5. The molecule has 1 aromatic rings. The molecule has 1 amide bonds. The van der Waals surface area contributed by atoms with E-state index >= 15 is 0 Å². The second-order valence-electron chi connectivity index (χ2n) is 5.46. The second-order valence-corrected chi connectivity index (χ2v) is 5.46. The summed E-state index contributed by atoms with van der Waals surface area (Å²) in [6, 6.07) is 4.28. The largest absolute Gasteiger partial charge is 0.382 e. The van der Waals surface area contributed by atoms with E-state index in [0.717, 1.165) is 11.6 Å². The van der Waals surface area contributed by atoms with Gasteiger partial charge in [-0.05, 0) is 37.3 Å². The van der Waals surface area contributed by atoms with Gasteiger partial charge in [0.15, 0.2) is 0 Å². The van der Waals surface area contributed by atoms with Crippen molar-refractivity contribution in [2.45, 2.75) is 45.1 Å². The molecular weight excluding hydrogens is 238 g/mol. The van der Waals surface area contributed by atoms with Crippen molar-refractivity contribution in [3.63, 3.8) is 0 Å². The fourth-order valence-electron chi connectivity index (χ4n) is 2.64. The van der Waals surface area contributed by atoms with Crippen molar-refractivity contribution in [2.24, 2.45) is 5.92 Å². The number of rotatable bonds is 3. The lowest BCUT2D eigenvalue weighted by Gasteiger charge is -2.18. The van der Waals surface area contributed by atoms with Crippen LogP contribution in [-0.4, -0.2) is 24.0 Å². The zero-order valence-corrected chi connectivity index (χ0v) is 11.8. The van der Waals surface area contributed by atoms with Crippen LogP contribution in [0, 0.1) is 5.92 Å². The number of hydrogen-bond donors (Lipinski definition) is 2. The van der Waals surface area contributed by atoms with Gasteiger partial charge in [0.05, 0.1) is 0 Å². The van der Waals surface area contributed by atoms with Gasteiger partial charge in [-0.1, -0.05) is 19.8 Å². The van der Waals surface area contributed by atoms with E-state index in [4.69, 9.17) is 0 Å². The molecule has 1 aliphatic carbocycles. The standard InChI is InChI=1S/C15H23N3O/c1-11-4-3-5-12(7-6-11)18-13-8-9-17-14(10-13)15(19)16-2/h8-12H,3-7H2,1-2H3,(H,16,19)(H,17,18). The summed E-state index contributed by atoms with van der Waals surface area (Å²) >= 11 is 0. The molecule has 0 bridgehead atoms. The molecule has 2 N–H and O–H groups in total. The summed E-state index contributed by atoms with van der Waals surface area (Å²) in [5, 5.41) is 6.14. The van der Waals surface area contributed by atoms with Gasteiger partial charge in [-0.25, -0.2) is 0 Å². The van der Waals surface area contributed by atoms with Crippen molar-refractivity contribution < 1.29 is 4.79 Å². The Morgan fingerprint density at radius 1 is 1.32 bits per heavy atom. The quantitative estimate of drug-likeness (QED) is 0.823. The van der Waals surface area contributed by atoms with Crippen LogP contribution >= 0.6 is 0 Å². The van der Waals surface area contributed by atoms with Crippen molar-refractivity contribution in [3.8, 4) is 0 Å². The number of hydrogen-bond acceptors (Lipinski definition) is 3. The molecule has 2 atom stereocenters. The smallest absolute Gasteiger partial charge is 0.269 e. The lowest BCUT2D eigenvalue weighted by atomic mass is 10.0. The van der Waals surface area contributed by atoms with Crippen molar-refractivity contribution >= 4 is 11.6 Å². The molecule has 1 aromatic heterocycles. The lowest BCUT2D eigenvalue weighted by Crippen LogP contribution is -2.21. The van der Waals surface area contributed by atoms with Crippen LogP contribution in [-0.2, 0) is 0 Å². The molecule has 1 fully saturated rings. The van der Waals surface area contributed by atoms with E-state index in [1.165, 1.54) is 32.1 Å². The molecule has 1 saturated carbocycles. The molecule has 0 aliphatic heterocycles. The molecule has 0 saturated heterocycles. The number of nitrogens with zero attached hydrogens (tertiary/aromatic N) is 1. The van der Waals surface area contributed by atoms with Crippen LogP contribution in [0.15, 0.2) is 18.3 Å². The van der Waals surface area contributed by atoms with Gasteiger partial charge in [-0.2, -0.15) is 0 Å². The SMILES string of the molecule is CNC(=O)c1cc(NC2CCCC(C)CC2)ccn1. The molecule has 2 rings (SSSR count). The Balaban J connectivity index is 2.00. The third kappa shape index (κ3) is 3.94. The Kier molecular flexibility index (Phi) is 4.77. The van der Waals surface area contributed by atoms with E-state index in [2.05, 4.69) is 22.5 Å². The Morgan fingerprint density at radius 2 is 2.16 bits per heavy atom. The van der Waals surface area contributed by atoms with Gasteiger partial charge in [-0.3, -0.25) is 9.78 Å². The monoisotopic (exact) mass is 261 g/mol. The highest BCUT2D eigenvalue weighted by Gasteiger charge is 2.16. The maximum absolute atomic E-state index is 11.6.